The summed E-state index contributed by atoms with van der Waals surface area (Å²) in [7, 11) is 0. The number of amides is 1. The van der Waals surface area contributed by atoms with Crippen molar-refractivity contribution in [2.75, 3.05) is 6.54 Å². The molecule has 2 nitrogen and oxygen atoms in total. The Hall–Kier alpha value is -1.38. The number of nitrogens with one attached hydrogen (secondary N) is 1. The van der Waals surface area contributed by atoms with Crippen molar-refractivity contribution in [3.05, 3.63) is 35.1 Å². The van der Waals surface area contributed by atoms with Crippen molar-refractivity contribution < 1.29 is 9.18 Å². The Morgan fingerprint density at radius 3 is 2.93 bits per heavy atom. The maximum atomic E-state index is 13.2. The van der Waals surface area contributed by atoms with E-state index >= 15 is 0 Å². The fourth-order valence-corrected chi connectivity index (χ4v) is 1.89. The molecule has 1 saturated heterocycles. The summed E-state index contributed by atoms with van der Waals surface area (Å²) in [5.41, 5.74) is 1.55. The van der Waals surface area contributed by atoms with Gasteiger partial charge in [-0.3, -0.25) is 4.79 Å². The van der Waals surface area contributed by atoms with Gasteiger partial charge in [0.15, 0.2) is 0 Å². The molecule has 1 aromatic carbocycles. The molecular formula is C12H14FNO. The fourth-order valence-electron chi connectivity index (χ4n) is 1.89. The van der Waals surface area contributed by atoms with Crippen molar-refractivity contribution >= 4 is 5.91 Å². The van der Waals surface area contributed by atoms with Gasteiger partial charge in [-0.15, -0.1) is 0 Å². The van der Waals surface area contributed by atoms with E-state index in [1.54, 1.807) is 13.0 Å². The summed E-state index contributed by atoms with van der Waals surface area (Å²) >= 11 is 0. The molecule has 1 aromatic rings. The van der Waals surface area contributed by atoms with Crippen molar-refractivity contribution in [1.29, 1.82) is 0 Å². The number of hydrogen-bond acceptors (Lipinski definition) is 1. The monoisotopic (exact) mass is 207 g/mol. The van der Waals surface area contributed by atoms with E-state index in [9.17, 15) is 9.18 Å². The molecule has 1 unspecified atom stereocenters. The van der Waals surface area contributed by atoms with Gasteiger partial charge >= 0.3 is 0 Å². The summed E-state index contributed by atoms with van der Waals surface area (Å²) in [6.45, 7) is 2.49. The highest BCUT2D eigenvalue weighted by molar-refractivity contribution is 5.80. The third-order valence-corrected chi connectivity index (χ3v) is 2.88. The number of halogens is 1. The summed E-state index contributed by atoms with van der Waals surface area (Å²) < 4.78 is 13.2. The van der Waals surface area contributed by atoms with E-state index in [1.165, 1.54) is 6.07 Å². The van der Waals surface area contributed by atoms with Gasteiger partial charge in [-0.25, -0.2) is 4.39 Å². The molecule has 1 heterocycles. The topological polar surface area (TPSA) is 29.1 Å². The first-order valence-electron chi connectivity index (χ1n) is 5.19. The predicted molar refractivity (Wildman–Crippen MR) is 56.0 cm³/mol. The Bertz CT molecular complexity index is 389. The zero-order valence-electron chi connectivity index (χ0n) is 8.72. The van der Waals surface area contributed by atoms with Crippen LogP contribution in [-0.4, -0.2) is 12.5 Å². The van der Waals surface area contributed by atoms with Crippen LogP contribution < -0.4 is 5.32 Å². The fraction of sp³-hybridized carbons (Fsp3) is 0.417. The van der Waals surface area contributed by atoms with Gasteiger partial charge < -0.3 is 5.32 Å². The Morgan fingerprint density at radius 2 is 2.33 bits per heavy atom. The maximum Gasteiger partial charge on any atom is 0.223 e. The molecule has 1 fully saturated rings. The molecule has 0 saturated carbocycles. The molecule has 0 bridgehead atoms. The Balaban J connectivity index is 2.10. The third kappa shape index (κ3) is 2.17. The summed E-state index contributed by atoms with van der Waals surface area (Å²) in [5, 5.41) is 2.78. The van der Waals surface area contributed by atoms with E-state index in [0.29, 0.717) is 12.0 Å². The Kier molecular flexibility index (Phi) is 2.71. The van der Waals surface area contributed by atoms with Crippen LogP contribution in [0.1, 0.15) is 17.5 Å². The summed E-state index contributed by atoms with van der Waals surface area (Å²) in [6, 6.07) is 5.18. The number of rotatable bonds is 2. The molecule has 2 rings (SSSR count). The highest BCUT2D eigenvalue weighted by Gasteiger charge is 2.24. The van der Waals surface area contributed by atoms with Crippen LogP contribution in [0, 0.1) is 18.7 Å². The van der Waals surface area contributed by atoms with Crippen LogP contribution in [0.15, 0.2) is 18.2 Å². The largest absolute Gasteiger partial charge is 0.356 e. The average Bonchev–Trinajstić information content (AvgIpc) is 2.59. The van der Waals surface area contributed by atoms with E-state index in [4.69, 9.17) is 0 Å². The van der Waals surface area contributed by atoms with Crippen molar-refractivity contribution in [2.24, 2.45) is 5.92 Å². The molecule has 0 spiro atoms. The molecule has 1 N–H and O–H groups in total. The number of carbonyl (C=O) groups excluding carboxylic acids is 1. The van der Waals surface area contributed by atoms with Gasteiger partial charge in [0.2, 0.25) is 5.91 Å². The Morgan fingerprint density at radius 1 is 1.53 bits per heavy atom. The molecule has 0 aromatic heterocycles. The molecule has 0 aliphatic carbocycles. The molecule has 1 amide bonds. The minimum absolute atomic E-state index is 0.0205. The van der Waals surface area contributed by atoms with E-state index in [0.717, 1.165) is 18.5 Å². The van der Waals surface area contributed by atoms with Gasteiger partial charge in [0.25, 0.3) is 0 Å². The third-order valence-electron chi connectivity index (χ3n) is 2.88. The first-order chi connectivity index (χ1) is 7.16. The van der Waals surface area contributed by atoms with Crippen LogP contribution in [0.3, 0.4) is 0 Å². The van der Waals surface area contributed by atoms with Gasteiger partial charge in [-0.1, -0.05) is 12.1 Å². The average molecular weight is 207 g/mol. The van der Waals surface area contributed by atoms with E-state index in [-0.39, 0.29) is 17.6 Å². The number of aryl methyl sites for hydroxylation is 1. The molecule has 1 atom stereocenters. The highest BCUT2D eigenvalue weighted by Crippen LogP contribution is 2.18. The minimum Gasteiger partial charge on any atom is -0.356 e. The van der Waals surface area contributed by atoms with Crippen molar-refractivity contribution in [3.63, 3.8) is 0 Å². The quantitative estimate of drug-likeness (QED) is 0.787. The molecule has 0 radical (unpaired) electrons. The zero-order valence-corrected chi connectivity index (χ0v) is 8.72. The second-order valence-electron chi connectivity index (χ2n) is 4.06. The normalized spacial score (nSPS) is 20.4. The molecule has 80 valence electrons. The van der Waals surface area contributed by atoms with Crippen LogP contribution in [-0.2, 0) is 11.2 Å². The number of hydrogen-bond donors (Lipinski definition) is 1. The second-order valence-corrected chi connectivity index (χ2v) is 4.06. The summed E-state index contributed by atoms with van der Waals surface area (Å²) in [5.74, 6) is -0.0750. The molecule has 1 aliphatic heterocycles. The highest BCUT2D eigenvalue weighted by atomic mass is 19.1. The lowest BCUT2D eigenvalue weighted by atomic mass is 9.97. The van der Waals surface area contributed by atoms with Crippen molar-refractivity contribution in [1.82, 2.24) is 5.32 Å². The van der Waals surface area contributed by atoms with Crippen LogP contribution in [0.2, 0.25) is 0 Å². The van der Waals surface area contributed by atoms with Crippen molar-refractivity contribution in [2.45, 2.75) is 19.8 Å². The van der Waals surface area contributed by atoms with Crippen LogP contribution >= 0.6 is 0 Å². The van der Waals surface area contributed by atoms with E-state index in [1.807, 2.05) is 6.07 Å². The van der Waals surface area contributed by atoms with E-state index < -0.39 is 0 Å². The van der Waals surface area contributed by atoms with Crippen LogP contribution in [0.5, 0.6) is 0 Å². The zero-order chi connectivity index (χ0) is 10.8. The number of carbonyl (C=O) groups is 1. The van der Waals surface area contributed by atoms with E-state index in [2.05, 4.69) is 5.32 Å². The second kappa shape index (κ2) is 4.01. The minimum atomic E-state index is -0.189. The first kappa shape index (κ1) is 10.1. The van der Waals surface area contributed by atoms with Gasteiger partial charge in [-0.2, -0.15) is 0 Å². The smallest absolute Gasteiger partial charge is 0.223 e. The molecule has 1 aliphatic rings. The number of benzene rings is 1. The lowest BCUT2D eigenvalue weighted by molar-refractivity contribution is -0.122. The molecule has 3 heteroatoms. The van der Waals surface area contributed by atoms with Gasteiger partial charge in [0.05, 0.1) is 0 Å². The molecule has 15 heavy (non-hydrogen) atoms. The van der Waals surface area contributed by atoms with Gasteiger partial charge in [0, 0.05) is 12.5 Å². The lowest BCUT2D eigenvalue weighted by Crippen LogP contribution is -2.20. The van der Waals surface area contributed by atoms with Crippen LogP contribution in [0.25, 0.3) is 0 Å². The maximum absolute atomic E-state index is 13.2. The summed E-state index contributed by atoms with van der Waals surface area (Å²) in [4.78, 5) is 11.3. The van der Waals surface area contributed by atoms with Gasteiger partial charge in [0.1, 0.15) is 5.82 Å². The predicted octanol–water partition coefficient (Wildman–Crippen LogP) is 1.81. The van der Waals surface area contributed by atoms with Crippen LogP contribution in [0.4, 0.5) is 4.39 Å². The van der Waals surface area contributed by atoms with Crippen molar-refractivity contribution in [3.8, 4) is 0 Å². The standard InChI is InChI=1S/C12H14FNO/c1-8-2-3-9(7-11(8)13)6-10-4-5-14-12(10)15/h2-3,7,10H,4-6H2,1H3,(H,14,15). The van der Waals surface area contributed by atoms with Gasteiger partial charge in [-0.05, 0) is 37.0 Å². The first-order valence-corrected chi connectivity index (χ1v) is 5.19. The SMILES string of the molecule is Cc1ccc(CC2CCNC2=O)cc1F. The molecular weight excluding hydrogens is 193 g/mol. The lowest BCUT2D eigenvalue weighted by Gasteiger charge is -2.07. The Labute approximate surface area is 88.5 Å². The summed E-state index contributed by atoms with van der Waals surface area (Å²) in [6.07, 6.45) is 1.50.